The third kappa shape index (κ3) is 7.13. The van der Waals surface area contributed by atoms with E-state index in [0.717, 1.165) is 19.3 Å². The highest BCUT2D eigenvalue weighted by atomic mass is 35.5. The molecule has 0 bridgehead atoms. The summed E-state index contributed by atoms with van der Waals surface area (Å²) in [6.45, 7) is 10.3. The van der Waals surface area contributed by atoms with Gasteiger partial charge in [0.25, 0.3) is 0 Å². The van der Waals surface area contributed by atoms with Crippen molar-refractivity contribution in [1.29, 1.82) is 0 Å². The first-order chi connectivity index (χ1) is 16.5. The van der Waals surface area contributed by atoms with Crippen molar-refractivity contribution >= 4 is 29.2 Å². The smallest absolute Gasteiger partial charge is 0.313 e. The predicted octanol–water partition coefficient (Wildman–Crippen LogP) is 5.96. The van der Waals surface area contributed by atoms with E-state index in [2.05, 4.69) is 43.4 Å². The third-order valence-electron chi connectivity index (χ3n) is 6.76. The summed E-state index contributed by atoms with van der Waals surface area (Å²) < 4.78 is 11.0. The molecule has 0 aromatic heterocycles. The lowest BCUT2D eigenvalue weighted by Crippen LogP contribution is -2.48. The van der Waals surface area contributed by atoms with Gasteiger partial charge in [0.1, 0.15) is 23.0 Å². The van der Waals surface area contributed by atoms with E-state index in [1.54, 1.807) is 32.9 Å². The number of aliphatic hydroxyl groups is 1. The minimum absolute atomic E-state index is 0.126. The number of esters is 1. The maximum atomic E-state index is 12.1. The average Bonchev–Trinajstić information content (AvgIpc) is 3.21. The predicted molar refractivity (Wildman–Crippen MR) is 142 cm³/mol. The highest BCUT2D eigenvalue weighted by Crippen LogP contribution is 2.39. The van der Waals surface area contributed by atoms with E-state index < -0.39 is 18.1 Å². The number of halogens is 2. The van der Waals surface area contributed by atoms with Gasteiger partial charge in [-0.1, -0.05) is 53.5 Å². The molecule has 1 aliphatic carbocycles. The molecule has 192 valence electrons. The Morgan fingerprint density at radius 3 is 2.34 bits per heavy atom. The molecule has 0 radical (unpaired) electrons. The van der Waals surface area contributed by atoms with E-state index in [-0.39, 0.29) is 21.6 Å². The highest BCUT2D eigenvalue weighted by molar-refractivity contribution is 6.43. The summed E-state index contributed by atoms with van der Waals surface area (Å²) in [7, 11) is 0. The monoisotopic (exact) mass is 521 g/mol. The van der Waals surface area contributed by atoms with Crippen LogP contribution in [0.4, 0.5) is 0 Å². The number of benzene rings is 2. The maximum absolute atomic E-state index is 12.1. The van der Waals surface area contributed by atoms with Gasteiger partial charge in [-0.2, -0.15) is 0 Å². The summed E-state index contributed by atoms with van der Waals surface area (Å²) in [6.07, 6.45) is 1.96. The number of rotatable bonds is 11. The van der Waals surface area contributed by atoms with Gasteiger partial charge in [-0.3, -0.25) is 4.79 Å². The van der Waals surface area contributed by atoms with E-state index in [4.69, 9.17) is 32.7 Å². The summed E-state index contributed by atoms with van der Waals surface area (Å²) in [5.74, 6) is 0.0531. The van der Waals surface area contributed by atoms with Crippen molar-refractivity contribution < 1.29 is 19.4 Å². The van der Waals surface area contributed by atoms with Gasteiger partial charge in [-0.05, 0) is 82.6 Å². The zero-order valence-electron chi connectivity index (χ0n) is 21.2. The normalized spacial score (nSPS) is 16.5. The van der Waals surface area contributed by atoms with Crippen LogP contribution < -0.4 is 10.1 Å². The maximum Gasteiger partial charge on any atom is 0.313 e. The van der Waals surface area contributed by atoms with Gasteiger partial charge in [-0.15, -0.1) is 0 Å². The molecule has 0 fully saturated rings. The zero-order chi connectivity index (χ0) is 25.8. The van der Waals surface area contributed by atoms with Crippen molar-refractivity contribution in [3.63, 3.8) is 0 Å². The van der Waals surface area contributed by atoms with Crippen LogP contribution in [-0.2, 0) is 22.4 Å². The van der Waals surface area contributed by atoms with Gasteiger partial charge in [0.05, 0.1) is 17.5 Å². The molecule has 0 aliphatic heterocycles. The number of nitrogens with one attached hydrogen (secondary N) is 1. The van der Waals surface area contributed by atoms with Crippen LogP contribution in [0.5, 0.6) is 5.75 Å². The second kappa shape index (κ2) is 12.0. The minimum atomic E-state index is -0.747. The molecule has 0 heterocycles. The molecule has 3 atom stereocenters. The molecule has 5 nitrogen and oxygen atoms in total. The van der Waals surface area contributed by atoms with Crippen LogP contribution in [0.1, 0.15) is 63.6 Å². The Hall–Kier alpha value is -1.79. The molecule has 7 heteroatoms. The Morgan fingerprint density at radius 2 is 1.74 bits per heavy atom. The van der Waals surface area contributed by atoms with Gasteiger partial charge in [0.15, 0.2) is 0 Å². The first-order valence-corrected chi connectivity index (χ1v) is 13.1. The number of hydrogen-bond donors (Lipinski definition) is 2. The lowest BCUT2D eigenvalue weighted by molar-refractivity contribution is -0.144. The second-order valence-corrected chi connectivity index (χ2v) is 10.9. The lowest BCUT2D eigenvalue weighted by Gasteiger charge is -2.32. The summed E-state index contributed by atoms with van der Waals surface area (Å²) >= 11 is 12.9. The Balaban J connectivity index is 1.54. The zero-order valence-corrected chi connectivity index (χ0v) is 22.7. The fourth-order valence-corrected chi connectivity index (χ4v) is 5.32. The van der Waals surface area contributed by atoms with Crippen LogP contribution in [0.2, 0.25) is 10.0 Å². The number of hydrogen-bond acceptors (Lipinski definition) is 5. The van der Waals surface area contributed by atoms with Crippen molar-refractivity contribution in [3.8, 4) is 5.75 Å². The number of fused-ring (bicyclic) bond motifs is 1. The molecule has 3 rings (SSSR count). The number of carbonyl (C=O) groups is 1. The molecule has 0 saturated carbocycles. The number of ether oxygens (including phenoxy) is 2. The molecular formula is C28H37Cl2NO4. The molecule has 0 amide bonds. The molecule has 2 aromatic carbocycles. The van der Waals surface area contributed by atoms with Crippen molar-refractivity contribution in [2.75, 3.05) is 13.2 Å². The van der Waals surface area contributed by atoms with E-state index in [9.17, 15) is 9.90 Å². The van der Waals surface area contributed by atoms with E-state index >= 15 is 0 Å². The van der Waals surface area contributed by atoms with Crippen LogP contribution in [0.25, 0.3) is 0 Å². The summed E-state index contributed by atoms with van der Waals surface area (Å²) in [5.41, 5.74) is 3.36. The van der Waals surface area contributed by atoms with E-state index in [1.807, 2.05) is 0 Å². The Labute approximate surface area is 219 Å². The summed E-state index contributed by atoms with van der Waals surface area (Å²) in [4.78, 5) is 12.1. The van der Waals surface area contributed by atoms with Crippen LogP contribution in [0.15, 0.2) is 36.4 Å². The number of carbonyl (C=O) groups excluding carboxylic acids is 1. The van der Waals surface area contributed by atoms with Crippen LogP contribution in [0, 0.1) is 5.92 Å². The topological polar surface area (TPSA) is 67.8 Å². The van der Waals surface area contributed by atoms with Gasteiger partial charge < -0.3 is 19.9 Å². The van der Waals surface area contributed by atoms with E-state index in [1.165, 1.54) is 11.1 Å². The van der Waals surface area contributed by atoms with Crippen molar-refractivity contribution in [2.45, 2.75) is 77.5 Å². The van der Waals surface area contributed by atoms with Gasteiger partial charge in [-0.25, -0.2) is 0 Å². The first-order valence-electron chi connectivity index (χ1n) is 12.3. The van der Waals surface area contributed by atoms with Crippen molar-refractivity contribution in [3.05, 3.63) is 63.1 Å². The molecule has 1 aliphatic rings. The fraction of sp³-hybridized carbons (Fsp3) is 0.536. The number of β-amino-alcohol motifs (C(OH)–C–C–N with tert-alkyl or cyclic N) is 1. The molecule has 35 heavy (non-hydrogen) atoms. The van der Waals surface area contributed by atoms with Gasteiger partial charge in [0, 0.05) is 12.1 Å². The lowest BCUT2D eigenvalue weighted by atomic mass is 9.88. The fourth-order valence-electron chi connectivity index (χ4n) is 4.78. The highest BCUT2D eigenvalue weighted by Gasteiger charge is 2.29. The molecule has 2 N–H and O–H groups in total. The summed E-state index contributed by atoms with van der Waals surface area (Å²) in [5, 5.41) is 14.7. The standard InChI is InChI=1S/C28H37Cl2NO4/c1-6-34-27(33)17(2)22-11-12-24(26(30)25(22)29)35-18(3)23(32)16-31-28(4,5)15-19-13-20-9-7-8-10-21(20)14-19/h7-12,17-19,23,31-32H,6,13-16H2,1-5H3/t17?,18-,23+/m0/s1. The minimum Gasteiger partial charge on any atom is -0.486 e. The van der Waals surface area contributed by atoms with Crippen LogP contribution in [-0.4, -0.2) is 42.0 Å². The van der Waals surface area contributed by atoms with E-state index in [0.29, 0.717) is 30.4 Å². The summed E-state index contributed by atoms with van der Waals surface area (Å²) in [6, 6.07) is 12.1. The average molecular weight is 523 g/mol. The molecule has 1 unspecified atom stereocenters. The molecule has 0 spiro atoms. The van der Waals surface area contributed by atoms with Gasteiger partial charge >= 0.3 is 5.97 Å². The van der Waals surface area contributed by atoms with Gasteiger partial charge in [0.2, 0.25) is 0 Å². The Bertz CT molecular complexity index is 1000. The molecular weight excluding hydrogens is 485 g/mol. The second-order valence-electron chi connectivity index (χ2n) is 10.2. The largest absolute Gasteiger partial charge is 0.486 e. The Kier molecular flexibility index (Phi) is 9.50. The number of aliphatic hydroxyl groups excluding tert-OH is 1. The van der Waals surface area contributed by atoms with Crippen LogP contribution >= 0.6 is 23.2 Å². The van der Waals surface area contributed by atoms with Crippen molar-refractivity contribution in [2.24, 2.45) is 5.92 Å². The third-order valence-corrected chi connectivity index (χ3v) is 7.64. The SMILES string of the molecule is CCOC(=O)C(C)c1ccc(O[C@@H](C)[C@H](O)CNC(C)(C)CC2Cc3ccccc3C2)c(Cl)c1Cl. The Morgan fingerprint density at radius 1 is 1.11 bits per heavy atom. The quantitative estimate of drug-likeness (QED) is 0.357. The molecule has 2 aromatic rings. The van der Waals surface area contributed by atoms with Crippen LogP contribution in [0.3, 0.4) is 0 Å². The van der Waals surface area contributed by atoms with Crippen molar-refractivity contribution in [1.82, 2.24) is 5.32 Å². The first kappa shape index (κ1) is 27.8. The molecule has 0 saturated heterocycles.